The fraction of sp³-hybridized carbons (Fsp3) is 0.962. The Bertz CT molecular complexity index is 974. The van der Waals surface area contributed by atoms with Gasteiger partial charge in [0.1, 0.15) is 6.10 Å². The number of rotatable bonds is 41. The number of nitrogens with zero attached hydrogens (tertiary/aromatic N) is 1. The molecule has 0 radical (unpaired) electrons. The maximum atomic E-state index is 12.9. The lowest BCUT2D eigenvalue weighted by Crippen LogP contribution is -2.35. The molecule has 1 saturated heterocycles. The van der Waals surface area contributed by atoms with Gasteiger partial charge < -0.3 is 23.8 Å². The molecule has 7 nitrogen and oxygen atoms in total. The Balaban J connectivity index is 1.70. The molecule has 0 aromatic heterocycles. The minimum atomic E-state index is -0.496. The third kappa shape index (κ3) is 28.2. The van der Waals surface area contributed by atoms with Crippen LogP contribution in [0.15, 0.2) is 0 Å². The zero-order chi connectivity index (χ0) is 42.7. The normalized spacial score (nSPS) is 20.4. The molecule has 4 atom stereocenters. The molecule has 2 rings (SSSR count). The van der Waals surface area contributed by atoms with Crippen molar-refractivity contribution < 1.29 is 28.5 Å². The zero-order valence-electron chi connectivity index (χ0n) is 40.0. The van der Waals surface area contributed by atoms with E-state index in [0.29, 0.717) is 25.4 Å². The molecule has 2 aliphatic rings. The standard InChI is InChI=1S/C52H99NO6/c1-6-9-12-15-18-19-20-26-34-43-56-50(54)37-31-27-33-42-52(58-48-40-39-46(45-53(4)5)44-49(48)59-52)41-32-25-21-24-30-38-51(55)57-47(35-28-22-16-13-10-7-2)36-29-23-17-14-11-8-3/h46-49H,6-45H2,1-5H3/t46-,48+,49-,52?/m0/s1. The number of carbonyl (C=O) groups is 2. The van der Waals surface area contributed by atoms with E-state index in [-0.39, 0.29) is 30.3 Å². The lowest BCUT2D eigenvalue weighted by molar-refractivity contribution is -0.186. The van der Waals surface area contributed by atoms with E-state index in [4.69, 9.17) is 18.9 Å². The lowest BCUT2D eigenvalue weighted by Gasteiger charge is -2.31. The van der Waals surface area contributed by atoms with Gasteiger partial charge in [-0.25, -0.2) is 0 Å². The molecule has 0 amide bonds. The van der Waals surface area contributed by atoms with Crippen LogP contribution in [0.4, 0.5) is 0 Å². The smallest absolute Gasteiger partial charge is 0.306 e. The van der Waals surface area contributed by atoms with Crippen LogP contribution >= 0.6 is 0 Å². The van der Waals surface area contributed by atoms with E-state index >= 15 is 0 Å². The van der Waals surface area contributed by atoms with E-state index in [0.717, 1.165) is 109 Å². The summed E-state index contributed by atoms with van der Waals surface area (Å²) < 4.78 is 25.4. The van der Waals surface area contributed by atoms with Crippen LogP contribution in [0.25, 0.3) is 0 Å². The molecule has 348 valence electrons. The Kier molecular flexibility index (Phi) is 33.2. The summed E-state index contributed by atoms with van der Waals surface area (Å²) in [6, 6.07) is 0. The average Bonchev–Trinajstić information content (AvgIpc) is 3.57. The van der Waals surface area contributed by atoms with Crippen molar-refractivity contribution >= 4 is 11.9 Å². The molecule has 1 aliphatic carbocycles. The molecule has 1 heterocycles. The molecule has 1 aliphatic heterocycles. The number of hydrogen-bond donors (Lipinski definition) is 0. The van der Waals surface area contributed by atoms with Crippen molar-refractivity contribution in [3.05, 3.63) is 0 Å². The van der Waals surface area contributed by atoms with Gasteiger partial charge in [-0.2, -0.15) is 0 Å². The van der Waals surface area contributed by atoms with Crippen LogP contribution in [0.5, 0.6) is 0 Å². The first-order valence-corrected chi connectivity index (χ1v) is 26.2. The monoisotopic (exact) mass is 834 g/mol. The van der Waals surface area contributed by atoms with Crippen molar-refractivity contribution in [1.82, 2.24) is 4.90 Å². The highest BCUT2D eigenvalue weighted by atomic mass is 16.8. The highest BCUT2D eigenvalue weighted by Gasteiger charge is 2.48. The molecular weight excluding hydrogens is 735 g/mol. The maximum Gasteiger partial charge on any atom is 0.306 e. The minimum absolute atomic E-state index is 0.0147. The summed E-state index contributed by atoms with van der Waals surface area (Å²) >= 11 is 0. The Hall–Kier alpha value is -1.18. The van der Waals surface area contributed by atoms with Gasteiger partial charge in [0, 0.05) is 32.2 Å². The molecule has 0 spiro atoms. The second-order valence-corrected chi connectivity index (χ2v) is 19.3. The average molecular weight is 834 g/mol. The second-order valence-electron chi connectivity index (χ2n) is 19.3. The number of hydrogen-bond acceptors (Lipinski definition) is 7. The number of esters is 2. The summed E-state index contributed by atoms with van der Waals surface area (Å²) in [5.74, 6) is 0.144. The molecule has 0 N–H and O–H groups in total. The van der Waals surface area contributed by atoms with Gasteiger partial charge >= 0.3 is 11.9 Å². The van der Waals surface area contributed by atoms with E-state index in [1.807, 2.05) is 0 Å². The Morgan fingerprint density at radius 3 is 1.53 bits per heavy atom. The van der Waals surface area contributed by atoms with Gasteiger partial charge in [0.15, 0.2) is 5.79 Å². The Morgan fingerprint density at radius 1 is 0.542 bits per heavy atom. The van der Waals surface area contributed by atoms with Crippen LogP contribution in [0.1, 0.15) is 265 Å². The fourth-order valence-corrected chi connectivity index (χ4v) is 9.58. The predicted molar refractivity (Wildman–Crippen MR) is 248 cm³/mol. The van der Waals surface area contributed by atoms with Gasteiger partial charge in [0.05, 0.1) is 18.8 Å². The molecule has 0 aromatic carbocycles. The highest BCUT2D eigenvalue weighted by Crippen LogP contribution is 2.44. The van der Waals surface area contributed by atoms with Gasteiger partial charge in [-0.3, -0.25) is 9.59 Å². The summed E-state index contributed by atoms with van der Waals surface area (Å²) in [5.41, 5.74) is 0. The van der Waals surface area contributed by atoms with Crippen LogP contribution < -0.4 is 0 Å². The minimum Gasteiger partial charge on any atom is -0.466 e. The Morgan fingerprint density at radius 2 is 0.983 bits per heavy atom. The predicted octanol–water partition coefficient (Wildman–Crippen LogP) is 15.0. The first kappa shape index (κ1) is 54.0. The molecule has 1 unspecified atom stereocenters. The first-order chi connectivity index (χ1) is 28.8. The number of ether oxygens (including phenoxy) is 4. The van der Waals surface area contributed by atoms with Gasteiger partial charge in [0.25, 0.3) is 0 Å². The SMILES string of the molecule is CCCCCCCCCCCOC(=O)CCCCCC1(CCCCCCCC(=O)OC(CCCCCCCC)CCCCCCCC)O[C@H]2C[C@@H](CN(C)C)CC[C@H]2O1. The molecule has 7 heteroatoms. The van der Waals surface area contributed by atoms with Crippen LogP contribution in [-0.2, 0) is 28.5 Å². The summed E-state index contributed by atoms with van der Waals surface area (Å²) in [5, 5.41) is 0. The summed E-state index contributed by atoms with van der Waals surface area (Å²) in [4.78, 5) is 27.7. The molecular formula is C52H99NO6. The Labute approximate surface area is 366 Å². The number of carbonyl (C=O) groups excluding carboxylic acids is 2. The fourth-order valence-electron chi connectivity index (χ4n) is 9.58. The van der Waals surface area contributed by atoms with Gasteiger partial charge in [-0.05, 0) is 97.1 Å². The highest BCUT2D eigenvalue weighted by molar-refractivity contribution is 5.69. The molecule has 0 bridgehead atoms. The molecule has 1 saturated carbocycles. The summed E-state index contributed by atoms with van der Waals surface area (Å²) in [7, 11) is 4.34. The molecule has 0 aromatic rings. The third-order valence-electron chi connectivity index (χ3n) is 13.1. The van der Waals surface area contributed by atoms with Crippen molar-refractivity contribution in [2.75, 3.05) is 27.2 Å². The summed E-state index contributed by atoms with van der Waals surface area (Å²) in [6.07, 6.45) is 43.8. The topological polar surface area (TPSA) is 74.3 Å². The summed E-state index contributed by atoms with van der Waals surface area (Å²) in [6.45, 7) is 8.48. The van der Waals surface area contributed by atoms with Gasteiger partial charge in [-0.15, -0.1) is 0 Å². The van der Waals surface area contributed by atoms with E-state index in [2.05, 4.69) is 39.8 Å². The van der Waals surface area contributed by atoms with Crippen LogP contribution in [-0.4, -0.2) is 68.2 Å². The van der Waals surface area contributed by atoms with Crippen molar-refractivity contribution in [1.29, 1.82) is 0 Å². The van der Waals surface area contributed by atoms with Crippen molar-refractivity contribution in [2.24, 2.45) is 5.92 Å². The van der Waals surface area contributed by atoms with Crippen LogP contribution in [0.2, 0.25) is 0 Å². The van der Waals surface area contributed by atoms with E-state index in [1.165, 1.54) is 128 Å². The van der Waals surface area contributed by atoms with Crippen LogP contribution in [0.3, 0.4) is 0 Å². The second kappa shape index (κ2) is 36.3. The molecule has 59 heavy (non-hydrogen) atoms. The molecule has 2 fully saturated rings. The van der Waals surface area contributed by atoms with Gasteiger partial charge in [-0.1, -0.05) is 162 Å². The quantitative estimate of drug-likeness (QED) is 0.0449. The van der Waals surface area contributed by atoms with E-state index in [9.17, 15) is 9.59 Å². The van der Waals surface area contributed by atoms with Gasteiger partial charge in [0.2, 0.25) is 0 Å². The largest absolute Gasteiger partial charge is 0.466 e. The number of fused-ring (bicyclic) bond motifs is 1. The number of unbranched alkanes of at least 4 members (excludes halogenated alkanes) is 24. The maximum absolute atomic E-state index is 12.9. The lowest BCUT2D eigenvalue weighted by atomic mass is 9.85. The van der Waals surface area contributed by atoms with Crippen molar-refractivity contribution in [3.63, 3.8) is 0 Å². The first-order valence-electron chi connectivity index (χ1n) is 26.2. The van der Waals surface area contributed by atoms with E-state index < -0.39 is 5.79 Å². The van der Waals surface area contributed by atoms with Crippen molar-refractivity contribution in [2.45, 2.75) is 289 Å². The third-order valence-corrected chi connectivity index (χ3v) is 13.1. The van der Waals surface area contributed by atoms with Crippen molar-refractivity contribution in [3.8, 4) is 0 Å². The van der Waals surface area contributed by atoms with E-state index in [1.54, 1.807) is 0 Å². The van der Waals surface area contributed by atoms with Crippen LogP contribution in [0, 0.1) is 5.92 Å². The zero-order valence-corrected chi connectivity index (χ0v) is 40.0.